The minimum atomic E-state index is -0.442. The van der Waals surface area contributed by atoms with Crippen molar-refractivity contribution in [3.05, 3.63) is 88.5 Å². The maximum atomic E-state index is 13.7. The van der Waals surface area contributed by atoms with E-state index in [0.717, 1.165) is 16.0 Å². The Hall–Kier alpha value is -4.04. The van der Waals surface area contributed by atoms with Crippen molar-refractivity contribution < 1.29 is 19.1 Å². The number of carbonyl (C=O) groups excluding carboxylic acids is 3. The normalized spacial score (nSPS) is 13.4. The minimum Gasteiger partial charge on any atom is -0.497 e. The van der Waals surface area contributed by atoms with E-state index in [1.807, 2.05) is 58.0 Å². The Morgan fingerprint density at radius 1 is 0.921 bits per heavy atom. The average Bonchev–Trinajstić information content (AvgIpc) is 3.10. The lowest BCUT2D eigenvalue weighted by Gasteiger charge is -2.16. The van der Waals surface area contributed by atoms with Crippen LogP contribution in [-0.2, 0) is 14.4 Å². The Balaban J connectivity index is 1.68. The van der Waals surface area contributed by atoms with Crippen LogP contribution in [0, 0.1) is 19.8 Å². The highest BCUT2D eigenvalue weighted by atomic mass is 32.2. The predicted octanol–water partition coefficient (Wildman–Crippen LogP) is 6.29. The third-order valence-corrected chi connectivity index (χ3v) is 7.15. The van der Waals surface area contributed by atoms with Crippen LogP contribution in [0.3, 0.4) is 0 Å². The molecule has 0 fully saturated rings. The second-order valence-corrected chi connectivity index (χ2v) is 10.6. The Labute approximate surface area is 227 Å². The number of imide groups is 1. The van der Waals surface area contributed by atoms with Crippen LogP contribution in [0.15, 0.2) is 82.2 Å². The molecule has 3 aromatic carbocycles. The van der Waals surface area contributed by atoms with Crippen molar-refractivity contribution in [3.8, 4) is 5.75 Å². The standard InChI is InChI=1S/C30H31N3O4S/c1-18(2)15-26(34)31-21-7-6-8-25(17-21)38-28-27(32-22-10-9-19(3)20(4)16-22)29(35)33(30(28)36)23-11-13-24(37-5)14-12-23/h6-14,16-18,32H,15H2,1-5H3,(H,31,34). The molecular weight excluding hydrogens is 498 g/mol. The van der Waals surface area contributed by atoms with Crippen LogP contribution in [0.1, 0.15) is 31.4 Å². The average molecular weight is 530 g/mol. The van der Waals surface area contributed by atoms with E-state index in [1.165, 1.54) is 16.7 Å². The van der Waals surface area contributed by atoms with Gasteiger partial charge in [-0.3, -0.25) is 14.4 Å². The number of anilines is 3. The number of carbonyl (C=O) groups is 3. The molecular formula is C30H31N3O4S. The second kappa shape index (κ2) is 11.6. The summed E-state index contributed by atoms with van der Waals surface area (Å²) in [4.78, 5) is 41.7. The number of aryl methyl sites for hydroxylation is 2. The van der Waals surface area contributed by atoms with Gasteiger partial charge in [-0.05, 0) is 85.5 Å². The van der Waals surface area contributed by atoms with E-state index < -0.39 is 11.8 Å². The summed E-state index contributed by atoms with van der Waals surface area (Å²) in [5.41, 5.74) is 4.20. The molecule has 0 radical (unpaired) electrons. The largest absolute Gasteiger partial charge is 0.497 e. The lowest BCUT2D eigenvalue weighted by molar-refractivity contribution is -0.120. The van der Waals surface area contributed by atoms with E-state index in [4.69, 9.17) is 4.74 Å². The van der Waals surface area contributed by atoms with Crippen molar-refractivity contribution in [2.75, 3.05) is 22.6 Å². The van der Waals surface area contributed by atoms with Gasteiger partial charge >= 0.3 is 0 Å². The number of rotatable bonds is 9. The van der Waals surface area contributed by atoms with E-state index in [0.29, 0.717) is 29.2 Å². The predicted molar refractivity (Wildman–Crippen MR) is 152 cm³/mol. The van der Waals surface area contributed by atoms with Gasteiger partial charge in [0.15, 0.2) is 0 Å². The van der Waals surface area contributed by atoms with Gasteiger partial charge in [-0.1, -0.05) is 37.7 Å². The zero-order valence-corrected chi connectivity index (χ0v) is 22.9. The van der Waals surface area contributed by atoms with Gasteiger partial charge in [0.1, 0.15) is 16.4 Å². The molecule has 0 saturated carbocycles. The third kappa shape index (κ3) is 6.08. The summed E-state index contributed by atoms with van der Waals surface area (Å²) in [5.74, 6) is -0.0766. The summed E-state index contributed by atoms with van der Waals surface area (Å²) < 4.78 is 5.22. The molecule has 0 bridgehead atoms. The highest BCUT2D eigenvalue weighted by Gasteiger charge is 2.40. The zero-order valence-electron chi connectivity index (χ0n) is 22.1. The van der Waals surface area contributed by atoms with E-state index in [9.17, 15) is 14.4 Å². The summed E-state index contributed by atoms with van der Waals surface area (Å²) in [7, 11) is 1.56. The Morgan fingerprint density at radius 3 is 2.32 bits per heavy atom. The summed E-state index contributed by atoms with van der Waals surface area (Å²) in [6.45, 7) is 7.98. The first-order valence-electron chi connectivity index (χ1n) is 12.4. The first kappa shape index (κ1) is 27.0. The number of amides is 3. The molecule has 0 spiro atoms. The van der Waals surface area contributed by atoms with Gasteiger partial charge in [-0.25, -0.2) is 4.90 Å². The maximum absolute atomic E-state index is 13.7. The SMILES string of the molecule is COc1ccc(N2C(=O)C(Nc3ccc(C)c(C)c3)=C(Sc3cccc(NC(=O)CC(C)C)c3)C2=O)cc1. The molecule has 0 unspecified atom stereocenters. The fourth-order valence-corrected chi connectivity index (χ4v) is 4.97. The number of thioether (sulfide) groups is 1. The maximum Gasteiger partial charge on any atom is 0.283 e. The number of hydrogen-bond donors (Lipinski definition) is 2. The quantitative estimate of drug-likeness (QED) is 0.317. The fraction of sp³-hybridized carbons (Fsp3) is 0.233. The van der Waals surface area contributed by atoms with Crippen LogP contribution >= 0.6 is 11.8 Å². The highest BCUT2D eigenvalue weighted by Crippen LogP contribution is 2.39. The first-order valence-corrected chi connectivity index (χ1v) is 13.2. The Bertz CT molecular complexity index is 1410. The molecule has 2 N–H and O–H groups in total. The molecule has 3 amide bonds. The molecule has 1 aliphatic rings. The van der Waals surface area contributed by atoms with E-state index in [-0.39, 0.29) is 22.4 Å². The smallest absolute Gasteiger partial charge is 0.283 e. The van der Waals surface area contributed by atoms with Gasteiger partial charge in [0.05, 0.1) is 12.8 Å². The topological polar surface area (TPSA) is 87.7 Å². The minimum absolute atomic E-state index is 0.0729. The summed E-state index contributed by atoms with van der Waals surface area (Å²) in [5, 5.41) is 6.11. The van der Waals surface area contributed by atoms with Crippen LogP contribution in [0.5, 0.6) is 5.75 Å². The lowest BCUT2D eigenvalue weighted by Crippen LogP contribution is -2.32. The molecule has 0 atom stereocenters. The number of nitrogens with one attached hydrogen (secondary N) is 2. The number of hydrogen-bond acceptors (Lipinski definition) is 6. The highest BCUT2D eigenvalue weighted by molar-refractivity contribution is 8.04. The lowest BCUT2D eigenvalue weighted by atomic mass is 10.1. The van der Waals surface area contributed by atoms with Gasteiger partial charge < -0.3 is 15.4 Å². The van der Waals surface area contributed by atoms with Crippen molar-refractivity contribution in [1.82, 2.24) is 0 Å². The zero-order chi connectivity index (χ0) is 27.4. The molecule has 1 aliphatic heterocycles. The van der Waals surface area contributed by atoms with Crippen molar-refractivity contribution in [3.63, 3.8) is 0 Å². The van der Waals surface area contributed by atoms with Gasteiger partial charge in [0.25, 0.3) is 11.8 Å². The van der Waals surface area contributed by atoms with Gasteiger partial charge in [0.2, 0.25) is 5.91 Å². The first-order chi connectivity index (χ1) is 18.2. The molecule has 1 heterocycles. The summed E-state index contributed by atoms with van der Waals surface area (Å²) in [6, 6.07) is 19.8. The van der Waals surface area contributed by atoms with Crippen molar-refractivity contribution in [1.29, 1.82) is 0 Å². The molecule has 7 nitrogen and oxygen atoms in total. The van der Waals surface area contributed by atoms with Gasteiger partial charge in [-0.15, -0.1) is 0 Å². The fourth-order valence-electron chi connectivity index (χ4n) is 3.98. The van der Waals surface area contributed by atoms with Gasteiger partial charge in [-0.2, -0.15) is 0 Å². The molecule has 8 heteroatoms. The Morgan fingerprint density at radius 2 is 1.66 bits per heavy atom. The Kier molecular flexibility index (Phi) is 8.22. The molecule has 0 aliphatic carbocycles. The van der Waals surface area contributed by atoms with Crippen LogP contribution in [0.25, 0.3) is 0 Å². The molecule has 196 valence electrons. The molecule has 3 aromatic rings. The molecule has 0 aromatic heterocycles. The van der Waals surface area contributed by atoms with Crippen LogP contribution in [-0.4, -0.2) is 24.8 Å². The summed E-state index contributed by atoms with van der Waals surface area (Å²) in [6.07, 6.45) is 0.413. The van der Waals surface area contributed by atoms with Gasteiger partial charge in [0, 0.05) is 22.7 Å². The molecule has 0 saturated heterocycles. The summed E-state index contributed by atoms with van der Waals surface area (Å²) >= 11 is 1.19. The number of nitrogens with zero attached hydrogens (tertiary/aromatic N) is 1. The van der Waals surface area contributed by atoms with E-state index >= 15 is 0 Å². The van der Waals surface area contributed by atoms with Crippen LogP contribution < -0.4 is 20.3 Å². The second-order valence-electron chi connectivity index (χ2n) is 9.55. The monoisotopic (exact) mass is 529 g/mol. The third-order valence-electron chi connectivity index (χ3n) is 6.08. The van der Waals surface area contributed by atoms with Crippen LogP contribution in [0.4, 0.5) is 17.1 Å². The van der Waals surface area contributed by atoms with Crippen molar-refractivity contribution in [2.24, 2.45) is 5.92 Å². The molecule has 38 heavy (non-hydrogen) atoms. The number of methoxy groups -OCH3 is 1. The van der Waals surface area contributed by atoms with Crippen LogP contribution in [0.2, 0.25) is 0 Å². The van der Waals surface area contributed by atoms with Crippen molar-refractivity contribution in [2.45, 2.75) is 39.0 Å². The molecule has 4 rings (SSSR count). The van der Waals surface area contributed by atoms with E-state index in [2.05, 4.69) is 10.6 Å². The number of benzene rings is 3. The van der Waals surface area contributed by atoms with Crippen molar-refractivity contribution >= 4 is 46.5 Å². The number of ether oxygens (including phenoxy) is 1. The van der Waals surface area contributed by atoms with E-state index in [1.54, 1.807) is 43.5 Å².